The molecule has 3 rings (SSSR count). The van der Waals surface area contributed by atoms with Crippen LogP contribution in [0.5, 0.6) is 0 Å². The summed E-state index contributed by atoms with van der Waals surface area (Å²) in [6.45, 7) is 0. The van der Waals surface area contributed by atoms with Crippen LogP contribution in [0.3, 0.4) is 0 Å². The fraction of sp³-hybridized carbons (Fsp3) is 0. The van der Waals surface area contributed by atoms with Gasteiger partial charge in [-0.05, 0) is 22.8 Å². The van der Waals surface area contributed by atoms with Crippen molar-refractivity contribution in [3.63, 3.8) is 0 Å². The van der Waals surface area contributed by atoms with Crippen LogP contribution in [0, 0.1) is 0 Å². The summed E-state index contributed by atoms with van der Waals surface area (Å²) in [5.41, 5.74) is 3.27. The first-order valence-electron chi connectivity index (χ1n) is 6.81. The molecule has 5 nitrogen and oxygen atoms in total. The molecule has 0 aliphatic carbocycles. The molecule has 0 atom stereocenters. The minimum Gasteiger partial charge on any atom is -0.304 e. The fourth-order valence-electron chi connectivity index (χ4n) is 2.02. The molecule has 1 aromatic heterocycles. The Hall–Kier alpha value is -3.21. The topological polar surface area (TPSA) is 70.7 Å². The largest absolute Gasteiger partial charge is 0.304 e. The molecule has 0 bridgehead atoms. The molecule has 108 valence electrons. The van der Waals surface area contributed by atoms with Crippen LogP contribution in [0.1, 0.15) is 5.56 Å². The van der Waals surface area contributed by atoms with E-state index in [0.29, 0.717) is 5.82 Å². The van der Waals surface area contributed by atoms with Crippen LogP contribution in [0.25, 0.3) is 17.2 Å². The number of carbonyl (C=O) groups excluding carboxylic acids is 1. The predicted molar refractivity (Wildman–Crippen MR) is 85.9 cm³/mol. The molecule has 0 spiro atoms. The Bertz CT molecular complexity index is 762. The number of carbonyl (C=O) groups is 1. The van der Waals surface area contributed by atoms with Gasteiger partial charge in [-0.3, -0.25) is 4.79 Å². The molecule has 0 saturated carbocycles. The van der Waals surface area contributed by atoms with Crippen molar-refractivity contribution in [2.75, 3.05) is 5.32 Å². The second-order valence-electron chi connectivity index (χ2n) is 4.67. The molecule has 0 fully saturated rings. The summed E-state index contributed by atoms with van der Waals surface area (Å²) in [6, 6.07) is 18.2. The van der Waals surface area contributed by atoms with Crippen molar-refractivity contribution in [3.8, 4) is 11.1 Å². The van der Waals surface area contributed by atoms with E-state index in [0.717, 1.165) is 11.1 Å². The molecule has 5 heteroatoms. The molecule has 2 N–H and O–H groups in total. The van der Waals surface area contributed by atoms with Crippen LogP contribution < -0.4 is 5.32 Å². The Labute approximate surface area is 127 Å². The number of aromatic nitrogens is 3. The zero-order chi connectivity index (χ0) is 15.2. The van der Waals surface area contributed by atoms with Gasteiger partial charge >= 0.3 is 0 Å². The summed E-state index contributed by atoms with van der Waals surface area (Å²) in [5, 5.41) is 12.4. The number of H-pyrrole nitrogens is 1. The van der Waals surface area contributed by atoms with Gasteiger partial charge in [0, 0.05) is 6.08 Å². The number of rotatable bonds is 4. The maximum Gasteiger partial charge on any atom is 0.249 e. The number of nitrogens with one attached hydrogen (secondary N) is 2. The third-order valence-corrected chi connectivity index (χ3v) is 3.11. The van der Waals surface area contributed by atoms with Gasteiger partial charge in [-0.25, -0.2) is 0 Å². The molecular weight excluding hydrogens is 276 g/mol. The zero-order valence-corrected chi connectivity index (χ0v) is 11.7. The first-order chi connectivity index (χ1) is 10.8. The van der Waals surface area contributed by atoms with Crippen LogP contribution in [0.4, 0.5) is 5.82 Å². The number of hydrogen-bond donors (Lipinski definition) is 2. The fourth-order valence-corrected chi connectivity index (χ4v) is 2.02. The summed E-state index contributed by atoms with van der Waals surface area (Å²) in [5.74, 6) is 0.148. The van der Waals surface area contributed by atoms with Gasteiger partial charge in [0.2, 0.25) is 5.91 Å². The van der Waals surface area contributed by atoms with E-state index < -0.39 is 0 Å². The van der Waals surface area contributed by atoms with Crippen LogP contribution in [-0.4, -0.2) is 21.3 Å². The van der Waals surface area contributed by atoms with E-state index in [9.17, 15) is 4.79 Å². The number of hydrogen-bond acceptors (Lipinski definition) is 3. The first kappa shape index (κ1) is 13.8. The lowest BCUT2D eigenvalue weighted by Gasteiger charge is -2.01. The highest BCUT2D eigenvalue weighted by Crippen LogP contribution is 2.19. The highest BCUT2D eigenvalue weighted by Gasteiger charge is 2.00. The second-order valence-corrected chi connectivity index (χ2v) is 4.67. The molecule has 0 aliphatic heterocycles. The van der Waals surface area contributed by atoms with Crippen molar-refractivity contribution in [1.82, 2.24) is 15.4 Å². The number of anilines is 1. The lowest BCUT2D eigenvalue weighted by Crippen LogP contribution is -2.07. The average molecular weight is 290 g/mol. The van der Waals surface area contributed by atoms with Gasteiger partial charge in [-0.2, -0.15) is 10.3 Å². The SMILES string of the molecule is O=C(/C=C/c1ccc(-c2ccccc2)cc1)Nc1cn[nH]n1. The van der Waals surface area contributed by atoms with Gasteiger partial charge in [0.25, 0.3) is 0 Å². The van der Waals surface area contributed by atoms with E-state index >= 15 is 0 Å². The monoisotopic (exact) mass is 290 g/mol. The normalized spacial score (nSPS) is 10.7. The first-order valence-corrected chi connectivity index (χ1v) is 6.81. The van der Waals surface area contributed by atoms with Crippen molar-refractivity contribution in [2.45, 2.75) is 0 Å². The van der Waals surface area contributed by atoms with E-state index in [2.05, 4.69) is 32.9 Å². The third-order valence-electron chi connectivity index (χ3n) is 3.11. The molecule has 0 unspecified atom stereocenters. The summed E-state index contributed by atoms with van der Waals surface area (Å²) >= 11 is 0. The van der Waals surface area contributed by atoms with Gasteiger partial charge in [0.1, 0.15) is 0 Å². The Morgan fingerprint density at radius 1 is 1.00 bits per heavy atom. The van der Waals surface area contributed by atoms with Gasteiger partial charge < -0.3 is 5.32 Å². The number of amides is 1. The molecule has 0 aliphatic rings. The Balaban J connectivity index is 1.66. The number of benzene rings is 2. The summed E-state index contributed by atoms with van der Waals surface area (Å²) in [7, 11) is 0. The van der Waals surface area contributed by atoms with Crippen molar-refractivity contribution in [3.05, 3.63) is 72.4 Å². The number of nitrogens with zero attached hydrogens (tertiary/aromatic N) is 2. The van der Waals surface area contributed by atoms with Crippen molar-refractivity contribution in [1.29, 1.82) is 0 Å². The van der Waals surface area contributed by atoms with Crippen LogP contribution in [-0.2, 0) is 4.79 Å². The Kier molecular flexibility index (Phi) is 4.06. The summed E-state index contributed by atoms with van der Waals surface area (Å²) in [4.78, 5) is 11.7. The third kappa shape index (κ3) is 3.46. The lowest BCUT2D eigenvalue weighted by atomic mass is 10.0. The maximum absolute atomic E-state index is 11.7. The highest BCUT2D eigenvalue weighted by molar-refractivity contribution is 6.01. The van der Waals surface area contributed by atoms with Gasteiger partial charge in [-0.15, -0.1) is 5.10 Å². The molecule has 0 radical (unpaired) electrons. The summed E-state index contributed by atoms with van der Waals surface area (Å²) in [6.07, 6.45) is 4.66. The zero-order valence-electron chi connectivity index (χ0n) is 11.7. The van der Waals surface area contributed by atoms with Crippen molar-refractivity contribution >= 4 is 17.8 Å². The lowest BCUT2D eigenvalue weighted by molar-refractivity contribution is -0.111. The van der Waals surface area contributed by atoms with Crippen LogP contribution in [0.15, 0.2) is 66.9 Å². The van der Waals surface area contributed by atoms with Crippen molar-refractivity contribution in [2.24, 2.45) is 0 Å². The van der Waals surface area contributed by atoms with Gasteiger partial charge in [0.05, 0.1) is 6.20 Å². The molecule has 0 saturated heterocycles. The Morgan fingerprint density at radius 3 is 2.41 bits per heavy atom. The van der Waals surface area contributed by atoms with E-state index in [1.807, 2.05) is 42.5 Å². The minimum absolute atomic E-state index is 0.249. The molecule has 22 heavy (non-hydrogen) atoms. The quantitative estimate of drug-likeness (QED) is 0.725. The maximum atomic E-state index is 11.7. The van der Waals surface area contributed by atoms with E-state index in [4.69, 9.17) is 0 Å². The van der Waals surface area contributed by atoms with E-state index in [-0.39, 0.29) is 5.91 Å². The van der Waals surface area contributed by atoms with Gasteiger partial charge in [0.15, 0.2) is 5.82 Å². The number of aromatic amines is 1. The predicted octanol–water partition coefficient (Wildman–Crippen LogP) is 3.12. The van der Waals surface area contributed by atoms with Gasteiger partial charge in [-0.1, -0.05) is 54.6 Å². The van der Waals surface area contributed by atoms with Crippen molar-refractivity contribution < 1.29 is 4.79 Å². The second kappa shape index (κ2) is 6.49. The molecule has 3 aromatic rings. The molecular formula is C17H14N4O. The van der Waals surface area contributed by atoms with Crippen LogP contribution >= 0.6 is 0 Å². The Morgan fingerprint density at radius 2 is 1.73 bits per heavy atom. The molecule has 2 aromatic carbocycles. The van der Waals surface area contributed by atoms with E-state index in [1.165, 1.54) is 17.8 Å². The highest BCUT2D eigenvalue weighted by atomic mass is 16.1. The van der Waals surface area contributed by atoms with Crippen LogP contribution in [0.2, 0.25) is 0 Å². The minimum atomic E-state index is -0.249. The average Bonchev–Trinajstić information content (AvgIpc) is 3.07. The summed E-state index contributed by atoms with van der Waals surface area (Å²) < 4.78 is 0. The standard InChI is InChI=1S/C17H14N4O/c22-17(19-16-12-18-21-20-16)11-8-13-6-9-15(10-7-13)14-4-2-1-3-5-14/h1-12H,(H2,18,19,20,21,22)/b11-8+. The smallest absolute Gasteiger partial charge is 0.249 e. The molecule has 1 amide bonds. The molecule has 1 heterocycles. The van der Waals surface area contributed by atoms with E-state index in [1.54, 1.807) is 6.08 Å².